The summed E-state index contributed by atoms with van der Waals surface area (Å²) >= 11 is 0. The van der Waals surface area contributed by atoms with Gasteiger partial charge in [0.15, 0.2) is 0 Å². The summed E-state index contributed by atoms with van der Waals surface area (Å²) in [6.45, 7) is 4.07. The molecule has 0 spiro atoms. The standard InChI is InChI=1S/C19H22N2O4/c1-6-13-9-14-10-15(7-8-16(14)20-11-13)25-18(24-5)17(22)21-19(2,3)12-23-4/h1,7-11,18H,12H2,2-5H3,(H,21,22). The summed E-state index contributed by atoms with van der Waals surface area (Å²) in [5.41, 5.74) is 0.916. The summed E-state index contributed by atoms with van der Waals surface area (Å²) in [5.74, 6) is 2.64. The van der Waals surface area contributed by atoms with Gasteiger partial charge in [-0.1, -0.05) is 5.92 Å². The van der Waals surface area contributed by atoms with Crippen LogP contribution >= 0.6 is 0 Å². The molecular formula is C19H22N2O4. The SMILES string of the molecule is C#Cc1cnc2ccc(OC(OC)C(=O)NC(C)(C)COC)cc2c1. The van der Waals surface area contributed by atoms with Crippen molar-refractivity contribution in [2.45, 2.75) is 25.7 Å². The van der Waals surface area contributed by atoms with E-state index in [1.54, 1.807) is 31.5 Å². The predicted octanol–water partition coefficient (Wildman–Crippen LogP) is 2.11. The number of methoxy groups -OCH3 is 2. The second-order valence-corrected chi connectivity index (χ2v) is 6.21. The van der Waals surface area contributed by atoms with Gasteiger partial charge in [0.25, 0.3) is 12.2 Å². The van der Waals surface area contributed by atoms with Gasteiger partial charge in [0.2, 0.25) is 0 Å². The van der Waals surface area contributed by atoms with E-state index in [0.717, 1.165) is 10.9 Å². The van der Waals surface area contributed by atoms with Crippen LogP contribution < -0.4 is 10.1 Å². The Morgan fingerprint density at radius 1 is 1.36 bits per heavy atom. The van der Waals surface area contributed by atoms with E-state index >= 15 is 0 Å². The summed E-state index contributed by atoms with van der Waals surface area (Å²) in [5, 5.41) is 3.65. The van der Waals surface area contributed by atoms with Crippen LogP contribution in [-0.4, -0.2) is 43.5 Å². The van der Waals surface area contributed by atoms with E-state index in [4.69, 9.17) is 20.6 Å². The number of ether oxygens (including phenoxy) is 3. The zero-order chi connectivity index (χ0) is 18.4. The van der Waals surface area contributed by atoms with Gasteiger partial charge in [-0.05, 0) is 38.1 Å². The van der Waals surface area contributed by atoms with E-state index in [0.29, 0.717) is 17.9 Å². The minimum absolute atomic E-state index is 0.367. The van der Waals surface area contributed by atoms with E-state index in [9.17, 15) is 4.79 Å². The molecule has 1 aromatic carbocycles. The third-order valence-corrected chi connectivity index (χ3v) is 3.46. The molecule has 0 aliphatic heterocycles. The second-order valence-electron chi connectivity index (χ2n) is 6.21. The zero-order valence-electron chi connectivity index (χ0n) is 14.8. The topological polar surface area (TPSA) is 69.7 Å². The number of fused-ring (bicyclic) bond motifs is 1. The van der Waals surface area contributed by atoms with Crippen LogP contribution in [0, 0.1) is 12.3 Å². The predicted molar refractivity (Wildman–Crippen MR) is 95.2 cm³/mol. The molecular weight excluding hydrogens is 320 g/mol. The minimum Gasteiger partial charge on any atom is -0.455 e. The van der Waals surface area contributed by atoms with Gasteiger partial charge >= 0.3 is 0 Å². The van der Waals surface area contributed by atoms with Gasteiger partial charge in [0, 0.05) is 31.4 Å². The molecule has 1 heterocycles. The molecule has 0 saturated carbocycles. The molecule has 1 amide bonds. The monoisotopic (exact) mass is 342 g/mol. The first-order valence-corrected chi connectivity index (χ1v) is 7.75. The van der Waals surface area contributed by atoms with E-state index in [1.807, 2.05) is 19.9 Å². The highest BCUT2D eigenvalue weighted by atomic mass is 16.7. The fraction of sp³-hybridized carbons (Fsp3) is 0.368. The summed E-state index contributed by atoms with van der Waals surface area (Å²) in [4.78, 5) is 16.7. The third kappa shape index (κ3) is 4.92. The first-order chi connectivity index (χ1) is 11.9. The van der Waals surface area contributed by atoms with Gasteiger partial charge in [0.1, 0.15) is 5.75 Å². The van der Waals surface area contributed by atoms with Crippen molar-refractivity contribution in [3.05, 3.63) is 36.0 Å². The molecule has 0 radical (unpaired) electrons. The highest BCUT2D eigenvalue weighted by Crippen LogP contribution is 2.21. The van der Waals surface area contributed by atoms with E-state index < -0.39 is 11.8 Å². The van der Waals surface area contributed by atoms with Crippen LogP contribution in [0.2, 0.25) is 0 Å². The third-order valence-electron chi connectivity index (χ3n) is 3.46. The second kappa shape index (κ2) is 7.97. The highest BCUT2D eigenvalue weighted by molar-refractivity contribution is 5.82. The van der Waals surface area contributed by atoms with Gasteiger partial charge in [0.05, 0.1) is 17.7 Å². The largest absolute Gasteiger partial charge is 0.455 e. The Kier molecular flexibility index (Phi) is 5.97. The molecule has 0 aliphatic carbocycles. The van der Waals surface area contributed by atoms with E-state index in [-0.39, 0.29) is 5.91 Å². The summed E-state index contributed by atoms with van der Waals surface area (Å²) in [6.07, 6.45) is 5.95. The first-order valence-electron chi connectivity index (χ1n) is 7.75. The van der Waals surface area contributed by atoms with Crippen molar-refractivity contribution < 1.29 is 19.0 Å². The van der Waals surface area contributed by atoms with Crippen LogP contribution in [0.4, 0.5) is 0 Å². The number of rotatable bonds is 7. The smallest absolute Gasteiger partial charge is 0.290 e. The highest BCUT2D eigenvalue weighted by Gasteiger charge is 2.27. The van der Waals surface area contributed by atoms with Crippen molar-refractivity contribution in [3.63, 3.8) is 0 Å². The van der Waals surface area contributed by atoms with Gasteiger partial charge in [-0.2, -0.15) is 0 Å². The van der Waals surface area contributed by atoms with Crippen LogP contribution in [0.5, 0.6) is 5.75 Å². The number of nitrogens with one attached hydrogen (secondary N) is 1. The van der Waals surface area contributed by atoms with Gasteiger partial charge < -0.3 is 19.5 Å². The van der Waals surface area contributed by atoms with Crippen molar-refractivity contribution in [1.29, 1.82) is 0 Å². The molecule has 2 rings (SSSR count). The average molecular weight is 342 g/mol. The molecule has 0 aliphatic rings. The molecule has 25 heavy (non-hydrogen) atoms. The fourth-order valence-corrected chi connectivity index (χ4v) is 2.38. The number of carbonyl (C=O) groups is 1. The molecule has 1 aromatic heterocycles. The quantitative estimate of drug-likeness (QED) is 0.616. The molecule has 1 N–H and O–H groups in total. The number of benzene rings is 1. The molecule has 0 fully saturated rings. The number of terminal acetylenes is 1. The van der Waals surface area contributed by atoms with Crippen molar-refractivity contribution in [1.82, 2.24) is 10.3 Å². The lowest BCUT2D eigenvalue weighted by Crippen LogP contribution is -2.52. The number of pyridine rings is 1. The molecule has 132 valence electrons. The Morgan fingerprint density at radius 3 is 2.76 bits per heavy atom. The number of amides is 1. The molecule has 6 nitrogen and oxygen atoms in total. The Bertz CT molecular complexity index is 796. The Balaban J connectivity index is 2.16. The molecule has 2 aromatic rings. The lowest BCUT2D eigenvalue weighted by Gasteiger charge is -2.27. The van der Waals surface area contributed by atoms with Crippen LogP contribution in [-0.2, 0) is 14.3 Å². The van der Waals surface area contributed by atoms with Crippen LogP contribution in [0.25, 0.3) is 10.9 Å². The summed E-state index contributed by atoms with van der Waals surface area (Å²) in [6, 6.07) is 7.12. The van der Waals surface area contributed by atoms with Crippen molar-refractivity contribution in [3.8, 4) is 18.1 Å². The van der Waals surface area contributed by atoms with Crippen molar-refractivity contribution in [2.24, 2.45) is 0 Å². The number of nitrogens with zero attached hydrogens (tertiary/aromatic N) is 1. The molecule has 1 unspecified atom stereocenters. The Morgan fingerprint density at radius 2 is 2.12 bits per heavy atom. The van der Waals surface area contributed by atoms with E-state index in [2.05, 4.69) is 16.2 Å². The van der Waals surface area contributed by atoms with E-state index in [1.165, 1.54) is 7.11 Å². The fourth-order valence-electron chi connectivity index (χ4n) is 2.38. The summed E-state index contributed by atoms with van der Waals surface area (Å²) in [7, 11) is 2.98. The zero-order valence-corrected chi connectivity index (χ0v) is 14.8. The van der Waals surface area contributed by atoms with Gasteiger partial charge in [-0.3, -0.25) is 9.78 Å². The molecule has 6 heteroatoms. The number of hydrogen-bond acceptors (Lipinski definition) is 5. The van der Waals surface area contributed by atoms with Crippen molar-refractivity contribution >= 4 is 16.8 Å². The number of carbonyl (C=O) groups excluding carboxylic acids is 1. The first kappa shape index (κ1) is 18.7. The van der Waals surface area contributed by atoms with Gasteiger partial charge in [-0.15, -0.1) is 6.42 Å². The average Bonchev–Trinajstić information content (AvgIpc) is 2.58. The molecule has 1 atom stereocenters. The maximum absolute atomic E-state index is 12.4. The lowest BCUT2D eigenvalue weighted by atomic mass is 10.1. The minimum atomic E-state index is -1.09. The maximum Gasteiger partial charge on any atom is 0.290 e. The normalized spacial score (nSPS) is 12.4. The van der Waals surface area contributed by atoms with Crippen molar-refractivity contribution in [2.75, 3.05) is 20.8 Å². The van der Waals surface area contributed by atoms with Crippen LogP contribution in [0.1, 0.15) is 19.4 Å². The van der Waals surface area contributed by atoms with Crippen LogP contribution in [0.3, 0.4) is 0 Å². The lowest BCUT2D eigenvalue weighted by molar-refractivity contribution is -0.150. The molecule has 0 saturated heterocycles. The number of aromatic nitrogens is 1. The maximum atomic E-state index is 12.4. The number of hydrogen-bond donors (Lipinski definition) is 1. The Labute approximate surface area is 147 Å². The van der Waals surface area contributed by atoms with Gasteiger partial charge in [-0.25, -0.2) is 0 Å². The Hall–Kier alpha value is -2.62. The molecule has 0 bridgehead atoms. The van der Waals surface area contributed by atoms with Crippen LogP contribution in [0.15, 0.2) is 30.5 Å². The summed E-state index contributed by atoms with van der Waals surface area (Å²) < 4.78 is 15.9.